The summed E-state index contributed by atoms with van der Waals surface area (Å²) >= 11 is 0. The second kappa shape index (κ2) is 5.05. The molecule has 5 heteroatoms. The second-order valence-corrected chi connectivity index (χ2v) is 3.91. The zero-order valence-electron chi connectivity index (χ0n) is 9.83. The molecule has 1 aromatic heterocycles. The molecule has 4 nitrogen and oxygen atoms in total. The number of hydrogen-bond donors (Lipinski definition) is 1. The highest BCUT2D eigenvalue weighted by atomic mass is 19.1. The molecule has 0 aliphatic rings. The number of rotatable bonds is 4. The Morgan fingerprint density at radius 1 is 1.29 bits per heavy atom. The zero-order valence-corrected chi connectivity index (χ0v) is 9.83. The third kappa shape index (κ3) is 3.10. The van der Waals surface area contributed by atoms with Crippen molar-refractivity contribution < 1.29 is 8.91 Å². The van der Waals surface area contributed by atoms with Gasteiger partial charge < -0.3 is 9.84 Å². The van der Waals surface area contributed by atoms with Crippen molar-refractivity contribution in [2.75, 3.05) is 0 Å². The predicted octanol–water partition coefficient (Wildman–Crippen LogP) is 2.12. The molecule has 0 radical (unpaired) electrons. The smallest absolute Gasteiger partial charge is 0.240 e. The van der Waals surface area contributed by atoms with Gasteiger partial charge >= 0.3 is 0 Å². The first-order valence-corrected chi connectivity index (χ1v) is 5.40. The average molecular weight is 235 g/mol. The normalized spacial score (nSPS) is 10.8. The lowest BCUT2D eigenvalue weighted by molar-refractivity contribution is 0.364. The fourth-order valence-electron chi connectivity index (χ4n) is 1.55. The first-order chi connectivity index (χ1) is 8.15. The summed E-state index contributed by atoms with van der Waals surface area (Å²) in [5.41, 5.74) is 1.99. The Hall–Kier alpha value is -1.75. The first kappa shape index (κ1) is 11.7. The molecule has 90 valence electrons. The molecule has 17 heavy (non-hydrogen) atoms. The maximum absolute atomic E-state index is 13.0. The second-order valence-electron chi connectivity index (χ2n) is 3.91. The number of nitrogens with zero attached hydrogens (tertiary/aromatic N) is 2. The summed E-state index contributed by atoms with van der Waals surface area (Å²) < 4.78 is 18.0. The highest BCUT2D eigenvalue weighted by Crippen LogP contribution is 2.10. The van der Waals surface area contributed by atoms with Crippen LogP contribution >= 0.6 is 0 Å². The van der Waals surface area contributed by atoms with E-state index in [2.05, 4.69) is 15.5 Å². The van der Waals surface area contributed by atoms with E-state index in [1.54, 1.807) is 13.0 Å². The number of aryl methyl sites for hydroxylation is 2. The first-order valence-electron chi connectivity index (χ1n) is 5.40. The predicted molar refractivity (Wildman–Crippen MR) is 60.7 cm³/mol. The highest BCUT2D eigenvalue weighted by Gasteiger charge is 2.03. The van der Waals surface area contributed by atoms with E-state index in [9.17, 15) is 4.39 Å². The van der Waals surface area contributed by atoms with E-state index in [1.807, 2.05) is 6.92 Å². The van der Waals surface area contributed by atoms with E-state index in [0.717, 1.165) is 11.1 Å². The number of hydrogen-bond acceptors (Lipinski definition) is 4. The fraction of sp³-hybridized carbons (Fsp3) is 0.333. The molecule has 0 bridgehead atoms. The minimum Gasteiger partial charge on any atom is -0.338 e. The minimum absolute atomic E-state index is 0.221. The van der Waals surface area contributed by atoms with Crippen molar-refractivity contribution in [3.63, 3.8) is 0 Å². The fourth-order valence-corrected chi connectivity index (χ4v) is 1.55. The summed E-state index contributed by atoms with van der Waals surface area (Å²) in [5.74, 6) is 0.932. The standard InChI is InChI=1S/C12H14FN3O/c1-8-3-4-11(13)5-10(8)6-14-7-12-15-9(2)16-17-12/h3-5,14H,6-7H2,1-2H3. The lowest BCUT2D eigenvalue weighted by Crippen LogP contribution is -2.14. The summed E-state index contributed by atoms with van der Waals surface area (Å²) in [7, 11) is 0. The van der Waals surface area contributed by atoms with Gasteiger partial charge in [0, 0.05) is 6.54 Å². The van der Waals surface area contributed by atoms with Crippen LogP contribution in [0.15, 0.2) is 22.7 Å². The van der Waals surface area contributed by atoms with Crippen LogP contribution in [-0.4, -0.2) is 10.1 Å². The topological polar surface area (TPSA) is 51.0 Å². The number of aromatic nitrogens is 2. The van der Waals surface area contributed by atoms with Crippen molar-refractivity contribution in [2.45, 2.75) is 26.9 Å². The largest absolute Gasteiger partial charge is 0.338 e. The molecule has 1 aromatic carbocycles. The average Bonchev–Trinajstić information content (AvgIpc) is 2.69. The van der Waals surface area contributed by atoms with Crippen LogP contribution in [-0.2, 0) is 13.1 Å². The van der Waals surface area contributed by atoms with E-state index in [-0.39, 0.29) is 5.82 Å². The Labute approximate surface area is 98.8 Å². The zero-order chi connectivity index (χ0) is 12.3. The van der Waals surface area contributed by atoms with E-state index >= 15 is 0 Å². The van der Waals surface area contributed by atoms with Gasteiger partial charge in [0.25, 0.3) is 0 Å². The van der Waals surface area contributed by atoms with Crippen LogP contribution in [0, 0.1) is 19.7 Å². The van der Waals surface area contributed by atoms with Gasteiger partial charge in [-0.15, -0.1) is 0 Å². The van der Waals surface area contributed by atoms with Crippen LogP contribution in [0.2, 0.25) is 0 Å². The molecule has 0 fully saturated rings. The monoisotopic (exact) mass is 235 g/mol. The summed E-state index contributed by atoms with van der Waals surface area (Å²) in [6, 6.07) is 4.75. The Morgan fingerprint density at radius 3 is 2.82 bits per heavy atom. The van der Waals surface area contributed by atoms with Crippen LogP contribution in [0.25, 0.3) is 0 Å². The lowest BCUT2D eigenvalue weighted by atomic mass is 10.1. The summed E-state index contributed by atoms with van der Waals surface area (Å²) in [6.07, 6.45) is 0. The molecule has 0 aliphatic carbocycles. The van der Waals surface area contributed by atoms with Gasteiger partial charge in [-0.2, -0.15) is 4.98 Å². The third-order valence-corrected chi connectivity index (χ3v) is 2.47. The quantitative estimate of drug-likeness (QED) is 0.881. The number of benzene rings is 1. The van der Waals surface area contributed by atoms with Crippen molar-refractivity contribution in [1.29, 1.82) is 0 Å². The van der Waals surface area contributed by atoms with Crippen molar-refractivity contribution in [3.05, 3.63) is 46.9 Å². The lowest BCUT2D eigenvalue weighted by Gasteiger charge is -2.06. The van der Waals surface area contributed by atoms with Gasteiger partial charge in [-0.3, -0.25) is 0 Å². The van der Waals surface area contributed by atoms with Gasteiger partial charge in [0.1, 0.15) is 5.82 Å². The molecular formula is C12H14FN3O. The van der Waals surface area contributed by atoms with Gasteiger partial charge in [-0.05, 0) is 37.1 Å². The third-order valence-electron chi connectivity index (χ3n) is 2.47. The Balaban J connectivity index is 1.91. The van der Waals surface area contributed by atoms with Crippen molar-refractivity contribution in [3.8, 4) is 0 Å². The van der Waals surface area contributed by atoms with Crippen LogP contribution in [0.5, 0.6) is 0 Å². The molecule has 0 atom stereocenters. The van der Waals surface area contributed by atoms with Crippen molar-refractivity contribution >= 4 is 0 Å². The van der Waals surface area contributed by atoms with E-state index in [4.69, 9.17) is 4.52 Å². The van der Waals surface area contributed by atoms with Gasteiger partial charge in [0.2, 0.25) is 5.89 Å². The number of nitrogens with one attached hydrogen (secondary N) is 1. The number of halogens is 1. The summed E-state index contributed by atoms with van der Waals surface area (Å²) in [5, 5.41) is 6.82. The van der Waals surface area contributed by atoms with E-state index < -0.39 is 0 Å². The Bertz CT molecular complexity index is 510. The maximum atomic E-state index is 13.0. The van der Waals surface area contributed by atoms with E-state index in [1.165, 1.54) is 12.1 Å². The Kier molecular flexibility index (Phi) is 3.49. The molecule has 0 unspecified atom stereocenters. The SMILES string of the molecule is Cc1noc(CNCc2cc(F)ccc2C)n1. The van der Waals surface area contributed by atoms with Gasteiger partial charge in [-0.25, -0.2) is 4.39 Å². The molecule has 1 N–H and O–H groups in total. The molecule has 1 heterocycles. The molecule has 0 amide bonds. The minimum atomic E-state index is -0.221. The maximum Gasteiger partial charge on any atom is 0.240 e. The van der Waals surface area contributed by atoms with Crippen LogP contribution in [0.3, 0.4) is 0 Å². The summed E-state index contributed by atoms with van der Waals surface area (Å²) in [4.78, 5) is 4.07. The highest BCUT2D eigenvalue weighted by molar-refractivity contribution is 5.26. The molecular weight excluding hydrogens is 221 g/mol. The van der Waals surface area contributed by atoms with Crippen LogP contribution in [0.4, 0.5) is 4.39 Å². The van der Waals surface area contributed by atoms with Crippen LogP contribution < -0.4 is 5.32 Å². The molecule has 0 saturated carbocycles. The van der Waals surface area contributed by atoms with Crippen molar-refractivity contribution in [1.82, 2.24) is 15.5 Å². The molecule has 0 saturated heterocycles. The summed E-state index contributed by atoms with van der Waals surface area (Å²) in [6.45, 7) is 4.78. The van der Waals surface area contributed by atoms with Gasteiger partial charge in [0.15, 0.2) is 5.82 Å². The van der Waals surface area contributed by atoms with Crippen LogP contribution in [0.1, 0.15) is 22.8 Å². The Morgan fingerprint density at radius 2 is 2.12 bits per heavy atom. The van der Waals surface area contributed by atoms with Gasteiger partial charge in [-0.1, -0.05) is 11.2 Å². The van der Waals surface area contributed by atoms with Gasteiger partial charge in [0.05, 0.1) is 6.54 Å². The molecule has 2 aromatic rings. The molecule has 0 spiro atoms. The molecule has 0 aliphatic heterocycles. The van der Waals surface area contributed by atoms with Crippen molar-refractivity contribution in [2.24, 2.45) is 0 Å². The van der Waals surface area contributed by atoms with E-state index in [0.29, 0.717) is 24.8 Å². The molecule has 2 rings (SSSR count).